The van der Waals surface area contributed by atoms with Crippen LogP contribution in [-0.2, 0) is 52.3 Å². The number of thiocarbonyl (C=S) groups is 1. The number of esters is 1. The number of pyridine rings is 1. The molecule has 2 aromatic rings. The number of aromatic nitrogens is 1. The van der Waals surface area contributed by atoms with Crippen LogP contribution in [0.15, 0.2) is 59.8 Å². The number of carbonyl (C=O) groups is 4. The third-order valence-electron chi connectivity index (χ3n) is 12.5. The van der Waals surface area contributed by atoms with Gasteiger partial charge in [0.1, 0.15) is 36.0 Å². The minimum atomic E-state index is -1.48. The number of nitrogens with one attached hydrogen (secondary N) is 3. The molecule has 0 aliphatic carbocycles. The molecule has 1 aromatic carbocycles. The molecule has 1 aromatic heterocycles. The SMILES string of the molecule is CC(=O)N[C@H]1[C@H](OCCOCCNC(=O)C(C)(CC(C)(C#N)CCC(=O)OCCOCCOCCOCCSSc2ccccn2)C(C)(C)CC(C)(SC(=S)c2ccccc2)C(=O)NCCO)O[C@H](CO)[C@H](O)[C@@H]1O. The first-order valence-corrected chi connectivity index (χ1v) is 28.3. The highest BCUT2D eigenvalue weighted by Crippen LogP contribution is 2.54. The lowest BCUT2D eigenvalue weighted by atomic mass is 9.56. The van der Waals surface area contributed by atoms with Crippen LogP contribution in [-0.4, -0.2) is 187 Å². The second-order valence-electron chi connectivity index (χ2n) is 19.0. The molecule has 3 amide bonds. The Hall–Kier alpha value is -3.52. The number of aliphatic hydroxyl groups excluding tert-OH is 4. The van der Waals surface area contributed by atoms with E-state index in [2.05, 4.69) is 27.0 Å². The van der Waals surface area contributed by atoms with Crippen LogP contribution in [0.5, 0.6) is 0 Å². The lowest BCUT2D eigenvalue weighted by Gasteiger charge is -2.49. The molecule has 0 spiro atoms. The van der Waals surface area contributed by atoms with E-state index in [-0.39, 0.29) is 85.0 Å². The highest BCUT2D eigenvalue weighted by Gasteiger charge is 2.55. The highest BCUT2D eigenvalue weighted by atomic mass is 33.1. The fourth-order valence-electron chi connectivity index (χ4n) is 8.15. The lowest BCUT2D eigenvalue weighted by molar-refractivity contribution is -0.272. The Morgan fingerprint density at radius 3 is 2.05 bits per heavy atom. The Balaban J connectivity index is 1.61. The number of nitrogens with zero attached hydrogens (tertiary/aromatic N) is 2. The zero-order chi connectivity index (χ0) is 55.3. The molecule has 20 nitrogen and oxygen atoms in total. The zero-order valence-corrected chi connectivity index (χ0v) is 47.1. The van der Waals surface area contributed by atoms with Crippen LogP contribution >= 0.6 is 45.6 Å². The van der Waals surface area contributed by atoms with E-state index in [9.17, 15) is 44.9 Å². The van der Waals surface area contributed by atoms with Crippen LogP contribution < -0.4 is 16.0 Å². The fourth-order valence-corrected chi connectivity index (χ4v) is 11.8. The molecule has 2 heterocycles. The lowest BCUT2D eigenvalue weighted by Crippen LogP contribution is -2.64. The van der Waals surface area contributed by atoms with Gasteiger partial charge < -0.3 is 69.5 Å². The van der Waals surface area contributed by atoms with Gasteiger partial charge >= 0.3 is 5.97 Å². The van der Waals surface area contributed by atoms with E-state index in [1.54, 1.807) is 48.6 Å². The van der Waals surface area contributed by atoms with Gasteiger partial charge in [0.15, 0.2) is 6.29 Å². The Labute approximate surface area is 458 Å². The molecule has 420 valence electrons. The topological polar surface area (TPSA) is 287 Å². The number of benzene rings is 1. The predicted octanol–water partition coefficient (Wildman–Crippen LogP) is 3.61. The average molecular weight is 1130 g/mol. The summed E-state index contributed by atoms with van der Waals surface area (Å²) < 4.78 is 38.4. The summed E-state index contributed by atoms with van der Waals surface area (Å²) in [5, 5.41) is 60.1. The van der Waals surface area contributed by atoms with E-state index in [4.69, 9.17) is 45.4 Å². The molecule has 3 unspecified atom stereocenters. The first-order valence-electron chi connectivity index (χ1n) is 24.8. The van der Waals surface area contributed by atoms with Crippen molar-refractivity contribution >= 4 is 73.5 Å². The largest absolute Gasteiger partial charge is 0.463 e. The number of hydrogen-bond donors (Lipinski definition) is 7. The maximum atomic E-state index is 14.7. The normalized spacial score (nSPS) is 20.1. The zero-order valence-electron chi connectivity index (χ0n) is 43.8. The molecular weight excluding hydrogens is 1050 g/mol. The summed E-state index contributed by atoms with van der Waals surface area (Å²) in [5.74, 6) is -1.08. The quantitative estimate of drug-likeness (QED) is 0.0220. The van der Waals surface area contributed by atoms with Crippen molar-refractivity contribution in [3.05, 3.63) is 60.3 Å². The number of thioether (sulfide) groups is 1. The summed E-state index contributed by atoms with van der Waals surface area (Å²) in [6.45, 7) is 11.3. The Morgan fingerprint density at radius 2 is 1.43 bits per heavy atom. The second-order valence-corrected chi connectivity index (χ2v) is 23.6. The predicted molar refractivity (Wildman–Crippen MR) is 289 cm³/mol. The maximum Gasteiger partial charge on any atom is 0.305 e. The van der Waals surface area contributed by atoms with Crippen molar-refractivity contribution in [1.82, 2.24) is 20.9 Å². The standard InChI is InChI=1S/C51H77N5O15S4/c1-36(59)56-41-43(62)42(61)38(32-58)71-44(41)70-29-27-65-21-19-55-46(63)50(5,48(2,3)33-51(6,47(64)54-18-20-57)74-45(72)37-12-8-7-9-13-37)34-49(4,35-52)16-15-40(60)69-28-26-67-23-22-66-24-25-68-30-31-73-75-39-14-10-11-17-53-39/h7-14,17,38,41-44,57-58,61-62H,15-16,18-34H2,1-6H3,(H,54,64)(H,55,63)(H,56,59)/t38-,41-,42+,43-,44-,49?,50?,51?/m1/s1. The number of hydrogen-bond acceptors (Lipinski definition) is 21. The summed E-state index contributed by atoms with van der Waals surface area (Å²) in [4.78, 5) is 57.9. The maximum absolute atomic E-state index is 14.7. The summed E-state index contributed by atoms with van der Waals surface area (Å²) in [6, 6.07) is 16.2. The monoisotopic (exact) mass is 1130 g/mol. The minimum absolute atomic E-state index is 0.00982. The van der Waals surface area contributed by atoms with E-state index in [1.807, 2.05) is 62.4 Å². The number of nitriles is 1. The van der Waals surface area contributed by atoms with E-state index in [0.29, 0.717) is 30.6 Å². The van der Waals surface area contributed by atoms with Gasteiger partial charge in [-0.3, -0.25) is 19.2 Å². The van der Waals surface area contributed by atoms with Gasteiger partial charge in [0.05, 0.1) is 98.5 Å². The van der Waals surface area contributed by atoms with E-state index in [0.717, 1.165) is 16.3 Å². The molecule has 0 bridgehead atoms. The molecule has 1 aliphatic rings. The van der Waals surface area contributed by atoms with Crippen molar-refractivity contribution in [2.45, 2.75) is 108 Å². The van der Waals surface area contributed by atoms with Gasteiger partial charge in [-0.1, -0.05) is 91.9 Å². The molecule has 1 saturated heterocycles. The van der Waals surface area contributed by atoms with Crippen LogP contribution in [0.1, 0.15) is 72.8 Å². The molecule has 3 rings (SSSR count). The van der Waals surface area contributed by atoms with Crippen molar-refractivity contribution < 1.29 is 72.8 Å². The Morgan fingerprint density at radius 1 is 0.800 bits per heavy atom. The third-order valence-corrected chi connectivity index (χ3v) is 16.4. The van der Waals surface area contributed by atoms with Gasteiger partial charge in [0.25, 0.3) is 0 Å². The molecule has 8 atom stereocenters. The number of carbonyl (C=O) groups excluding carboxylic acids is 4. The number of aliphatic hydroxyl groups is 4. The van der Waals surface area contributed by atoms with Crippen molar-refractivity contribution in [3.63, 3.8) is 0 Å². The Bertz CT molecular complexity index is 2080. The summed E-state index contributed by atoms with van der Waals surface area (Å²) in [5.41, 5.74) is -2.96. The van der Waals surface area contributed by atoms with Gasteiger partial charge in [-0.05, 0) is 67.0 Å². The number of ether oxygens (including phenoxy) is 7. The molecular formula is C51H77N5O15S4. The van der Waals surface area contributed by atoms with Crippen molar-refractivity contribution in [2.75, 3.05) is 98.1 Å². The molecule has 1 fully saturated rings. The van der Waals surface area contributed by atoms with Crippen LogP contribution in [0.2, 0.25) is 0 Å². The molecule has 24 heteroatoms. The van der Waals surface area contributed by atoms with Crippen LogP contribution in [0, 0.1) is 27.6 Å². The van der Waals surface area contributed by atoms with Gasteiger partial charge in [0, 0.05) is 38.4 Å². The molecule has 0 radical (unpaired) electrons. The average Bonchev–Trinajstić information content (AvgIpc) is 3.38. The van der Waals surface area contributed by atoms with E-state index in [1.165, 1.54) is 18.7 Å². The second kappa shape index (κ2) is 34.4. The summed E-state index contributed by atoms with van der Waals surface area (Å²) >= 11 is 7.01. The molecule has 0 saturated carbocycles. The molecule has 7 N–H and O–H groups in total. The van der Waals surface area contributed by atoms with Gasteiger partial charge in [-0.15, -0.1) is 0 Å². The molecule has 1 aliphatic heterocycles. The smallest absolute Gasteiger partial charge is 0.305 e. The first kappa shape index (κ1) is 65.8. The van der Waals surface area contributed by atoms with E-state index >= 15 is 0 Å². The van der Waals surface area contributed by atoms with Gasteiger partial charge in [-0.2, -0.15) is 5.26 Å². The third kappa shape index (κ3) is 22.8. The number of rotatable bonds is 37. The van der Waals surface area contributed by atoms with Crippen LogP contribution in [0.4, 0.5) is 0 Å². The van der Waals surface area contributed by atoms with Crippen molar-refractivity contribution in [2.24, 2.45) is 16.2 Å². The van der Waals surface area contributed by atoms with Crippen LogP contribution in [0.25, 0.3) is 0 Å². The Kier molecular flexibility index (Phi) is 30.1. The van der Waals surface area contributed by atoms with Gasteiger partial charge in [-0.25, -0.2) is 4.98 Å². The van der Waals surface area contributed by atoms with Gasteiger partial charge in [0.2, 0.25) is 17.7 Å². The minimum Gasteiger partial charge on any atom is -0.463 e. The summed E-state index contributed by atoms with van der Waals surface area (Å²) in [7, 11) is 3.26. The summed E-state index contributed by atoms with van der Waals surface area (Å²) in [6.07, 6.45) is -3.60. The molecule has 75 heavy (non-hydrogen) atoms. The first-order chi connectivity index (χ1) is 35.7. The number of amides is 3. The van der Waals surface area contributed by atoms with Crippen LogP contribution in [0.3, 0.4) is 0 Å². The van der Waals surface area contributed by atoms with E-state index < -0.39 is 81.9 Å². The highest BCUT2D eigenvalue weighted by molar-refractivity contribution is 8.76. The van der Waals surface area contributed by atoms with Crippen molar-refractivity contribution in [3.8, 4) is 6.07 Å². The van der Waals surface area contributed by atoms with Crippen molar-refractivity contribution in [1.29, 1.82) is 5.26 Å². The fraction of sp³-hybridized carbons (Fsp3) is 0.667.